The van der Waals surface area contributed by atoms with Crippen molar-refractivity contribution in [2.45, 2.75) is 0 Å². The summed E-state index contributed by atoms with van der Waals surface area (Å²) in [5.41, 5.74) is 4.33. The molecule has 1 nitrogen and oxygen atoms in total. The first kappa shape index (κ1) is 18.6. The van der Waals surface area contributed by atoms with Crippen molar-refractivity contribution >= 4 is 47.8 Å². The van der Waals surface area contributed by atoms with E-state index >= 15 is 0 Å². The summed E-state index contributed by atoms with van der Waals surface area (Å²) in [7, 11) is 0. The number of hydrogen-bond acceptors (Lipinski definition) is 0. The molecule has 27 heavy (non-hydrogen) atoms. The van der Waals surface area contributed by atoms with Crippen LogP contribution in [0.4, 0.5) is 0 Å². The second-order valence-corrected chi connectivity index (χ2v) is 8.84. The highest BCUT2D eigenvalue weighted by atomic mass is 79.9. The lowest BCUT2D eigenvalue weighted by Crippen LogP contribution is -1.86. The van der Waals surface area contributed by atoms with E-state index in [1.807, 2.05) is 24.3 Å². The molecule has 0 bridgehead atoms. The van der Waals surface area contributed by atoms with E-state index in [1.54, 1.807) is 0 Å². The maximum Gasteiger partial charge on any atom is 0.361 e. The molecule has 1 aromatic heterocycles. The van der Waals surface area contributed by atoms with Crippen LogP contribution in [0.1, 0.15) is 0 Å². The second-order valence-electron chi connectivity index (χ2n) is 6.10. The molecule has 0 radical (unpaired) electrons. The Morgan fingerprint density at radius 3 is 1.11 bits per heavy atom. The first-order valence-corrected chi connectivity index (χ1v) is 10.7. The van der Waals surface area contributed by atoms with Gasteiger partial charge in [-0.05, 0) is 66.2 Å². The molecular weight excluding hydrogens is 532 g/mol. The molecule has 3 aromatic carbocycles. The summed E-state index contributed by atoms with van der Waals surface area (Å²) < 4.78 is 9.43. The minimum Gasteiger partial charge on any atom is -0.207 e. The lowest BCUT2D eigenvalue weighted by Gasteiger charge is -2.03. The molecule has 132 valence electrons. The second kappa shape index (κ2) is 8.09. The third-order valence-electron chi connectivity index (χ3n) is 4.23. The van der Waals surface area contributed by atoms with E-state index in [2.05, 4.69) is 108 Å². The van der Waals surface area contributed by atoms with E-state index in [0.29, 0.717) is 0 Å². The molecule has 0 fully saturated rings. The lowest BCUT2D eigenvalue weighted by molar-refractivity contribution is 0.582. The highest BCUT2D eigenvalue weighted by Gasteiger charge is 2.20. The Morgan fingerprint density at radius 1 is 0.407 bits per heavy atom. The Morgan fingerprint density at radius 2 is 0.741 bits per heavy atom. The molecule has 0 aliphatic rings. The summed E-state index contributed by atoms with van der Waals surface area (Å²) >= 11 is 10.5. The largest absolute Gasteiger partial charge is 0.361 e. The van der Waals surface area contributed by atoms with Gasteiger partial charge in [-0.2, -0.15) is 0 Å². The van der Waals surface area contributed by atoms with Crippen LogP contribution in [-0.2, 0) is 0 Å². The fraction of sp³-hybridized carbons (Fsp3) is 0. The van der Waals surface area contributed by atoms with Gasteiger partial charge in [-0.1, -0.05) is 59.9 Å². The van der Waals surface area contributed by atoms with Gasteiger partial charge in [0.25, 0.3) is 0 Å². The minimum absolute atomic E-state index is 0.834. The van der Waals surface area contributed by atoms with Crippen LogP contribution in [0.2, 0.25) is 0 Å². The molecule has 0 saturated heterocycles. The topological polar surface area (TPSA) is 11.3 Å². The average Bonchev–Trinajstić information content (AvgIpc) is 2.69. The van der Waals surface area contributed by atoms with Gasteiger partial charge in [0.15, 0.2) is 0 Å². The summed E-state index contributed by atoms with van der Waals surface area (Å²) in [6, 6.07) is 28.8. The van der Waals surface area contributed by atoms with Crippen LogP contribution < -0.4 is 0 Å². The van der Waals surface area contributed by atoms with E-state index in [1.165, 1.54) is 0 Å². The van der Waals surface area contributed by atoms with Gasteiger partial charge >= 0.3 is 11.5 Å². The van der Waals surface area contributed by atoms with Crippen molar-refractivity contribution in [3.8, 4) is 33.8 Å². The molecule has 0 spiro atoms. The monoisotopic (exact) mass is 543 g/mol. The van der Waals surface area contributed by atoms with E-state index in [4.69, 9.17) is 4.42 Å². The third-order valence-corrected chi connectivity index (χ3v) is 5.81. The van der Waals surface area contributed by atoms with Gasteiger partial charge in [0.1, 0.15) is 0 Å². The van der Waals surface area contributed by atoms with Gasteiger partial charge in [0, 0.05) is 19.0 Å². The smallest absolute Gasteiger partial charge is 0.207 e. The molecule has 0 aliphatic carbocycles. The third kappa shape index (κ3) is 4.40. The SMILES string of the molecule is Brc1ccc(-c2cc(-c3ccc(Br)cc3)[o+]c(-c3ccc(Br)cc3)c2)cc1. The Kier molecular flexibility index (Phi) is 5.58. The molecular formula is C23H14Br3O+. The maximum absolute atomic E-state index is 6.28. The predicted octanol–water partition coefficient (Wildman–Crippen LogP) is 8.85. The van der Waals surface area contributed by atoms with Crippen molar-refractivity contribution in [2.24, 2.45) is 0 Å². The zero-order valence-corrected chi connectivity index (χ0v) is 18.9. The first-order valence-electron chi connectivity index (χ1n) is 8.34. The van der Waals surface area contributed by atoms with E-state index < -0.39 is 0 Å². The van der Waals surface area contributed by atoms with Crippen LogP contribution in [-0.4, -0.2) is 0 Å². The zero-order chi connectivity index (χ0) is 18.8. The van der Waals surface area contributed by atoms with Gasteiger partial charge < -0.3 is 0 Å². The molecule has 0 amide bonds. The fourth-order valence-corrected chi connectivity index (χ4v) is 3.62. The van der Waals surface area contributed by atoms with Crippen molar-refractivity contribution in [2.75, 3.05) is 0 Å². The summed E-state index contributed by atoms with van der Waals surface area (Å²) in [5, 5.41) is 0. The quantitative estimate of drug-likeness (QED) is 0.234. The van der Waals surface area contributed by atoms with Crippen LogP contribution in [0.5, 0.6) is 0 Å². The van der Waals surface area contributed by atoms with Gasteiger partial charge in [-0.25, -0.2) is 4.42 Å². The van der Waals surface area contributed by atoms with Crippen LogP contribution in [0.25, 0.3) is 33.8 Å². The number of halogens is 3. The number of hydrogen-bond donors (Lipinski definition) is 0. The number of rotatable bonds is 3. The first-order chi connectivity index (χ1) is 13.1. The Hall–Kier alpha value is -1.75. The molecule has 4 aromatic rings. The Labute approximate surface area is 183 Å². The summed E-state index contributed by atoms with van der Waals surface area (Å²) in [5.74, 6) is 1.67. The summed E-state index contributed by atoms with van der Waals surface area (Å²) in [4.78, 5) is 0. The molecule has 0 saturated carbocycles. The Balaban J connectivity index is 1.89. The van der Waals surface area contributed by atoms with Crippen molar-refractivity contribution in [1.82, 2.24) is 0 Å². The van der Waals surface area contributed by atoms with Gasteiger partial charge in [0.2, 0.25) is 0 Å². The fourth-order valence-electron chi connectivity index (χ4n) is 2.82. The summed E-state index contributed by atoms with van der Waals surface area (Å²) in [6.07, 6.45) is 0. The predicted molar refractivity (Wildman–Crippen MR) is 123 cm³/mol. The highest BCUT2D eigenvalue weighted by Crippen LogP contribution is 2.34. The highest BCUT2D eigenvalue weighted by molar-refractivity contribution is 9.11. The van der Waals surface area contributed by atoms with E-state index in [0.717, 1.165) is 47.2 Å². The Bertz CT molecular complexity index is 916. The van der Waals surface area contributed by atoms with Crippen LogP contribution in [0.3, 0.4) is 0 Å². The lowest BCUT2D eigenvalue weighted by atomic mass is 10.0. The molecule has 0 unspecified atom stereocenters. The average molecular weight is 546 g/mol. The van der Waals surface area contributed by atoms with Crippen molar-refractivity contribution in [3.63, 3.8) is 0 Å². The maximum atomic E-state index is 6.28. The summed E-state index contributed by atoms with van der Waals surface area (Å²) in [6.45, 7) is 0. The molecule has 1 heterocycles. The van der Waals surface area contributed by atoms with Gasteiger partial charge in [-0.3, -0.25) is 0 Å². The van der Waals surface area contributed by atoms with E-state index in [-0.39, 0.29) is 0 Å². The number of benzene rings is 3. The van der Waals surface area contributed by atoms with Crippen LogP contribution >= 0.6 is 47.8 Å². The molecule has 0 aliphatic heterocycles. The van der Waals surface area contributed by atoms with Gasteiger partial charge in [0.05, 0.1) is 23.3 Å². The molecule has 4 rings (SSSR count). The van der Waals surface area contributed by atoms with Gasteiger partial charge in [-0.15, -0.1) is 0 Å². The molecule has 0 atom stereocenters. The zero-order valence-electron chi connectivity index (χ0n) is 14.1. The normalized spacial score (nSPS) is 10.8. The molecule has 4 heteroatoms. The van der Waals surface area contributed by atoms with Crippen LogP contribution in [0, 0.1) is 0 Å². The van der Waals surface area contributed by atoms with Crippen LogP contribution in [0.15, 0.2) is 103 Å². The minimum atomic E-state index is 0.834. The van der Waals surface area contributed by atoms with E-state index in [9.17, 15) is 0 Å². The molecule has 0 N–H and O–H groups in total. The standard InChI is InChI=1S/C23H14Br3O/c24-19-7-1-15(2-8-19)18-13-22(16-3-9-20(25)10-4-16)27-23(14-18)17-5-11-21(26)12-6-17/h1-14H/q+1. The van der Waals surface area contributed by atoms with Crippen molar-refractivity contribution < 1.29 is 4.42 Å². The van der Waals surface area contributed by atoms with Crippen molar-refractivity contribution in [3.05, 3.63) is 98.3 Å². The van der Waals surface area contributed by atoms with Crippen molar-refractivity contribution in [1.29, 1.82) is 0 Å².